The van der Waals surface area contributed by atoms with Crippen LogP contribution in [0.3, 0.4) is 0 Å². The number of nitrogens with zero attached hydrogens (tertiary/aromatic N) is 1. The van der Waals surface area contributed by atoms with E-state index in [1.54, 1.807) is 47.0 Å². The second-order valence-corrected chi connectivity index (χ2v) is 22.8. The minimum Gasteiger partial charge on any atom is -0.464 e. The normalized spacial score (nSPS) is 14.8. The summed E-state index contributed by atoms with van der Waals surface area (Å²) in [5.41, 5.74) is 0. The van der Waals surface area contributed by atoms with Crippen LogP contribution >= 0.6 is 47.0 Å². The van der Waals surface area contributed by atoms with Gasteiger partial charge in [-0.2, -0.15) is 0 Å². The molecule has 1 aliphatic heterocycles. The number of thioether (sulfide) groups is 4. The van der Waals surface area contributed by atoms with E-state index in [2.05, 4.69) is 46.7 Å². The third-order valence-electron chi connectivity index (χ3n) is 11.2. The van der Waals surface area contributed by atoms with Crippen LogP contribution in [0.2, 0.25) is 0 Å². The molecule has 0 aliphatic carbocycles. The number of carbonyl (C=O) groups is 2. The van der Waals surface area contributed by atoms with Crippen molar-refractivity contribution in [3.05, 3.63) is 0 Å². The van der Waals surface area contributed by atoms with Gasteiger partial charge in [-0.05, 0) is 108 Å². The van der Waals surface area contributed by atoms with Gasteiger partial charge in [-0.3, -0.25) is 0 Å². The molecule has 1 saturated heterocycles. The highest BCUT2D eigenvalue weighted by molar-refractivity contribution is 8.18. The summed E-state index contributed by atoms with van der Waals surface area (Å²) in [4.78, 5) is 28.6. The summed E-state index contributed by atoms with van der Waals surface area (Å²) in [6.07, 6.45) is 33.6. The first-order chi connectivity index (χ1) is 30.3. The van der Waals surface area contributed by atoms with E-state index < -0.39 is 5.79 Å². The van der Waals surface area contributed by atoms with Crippen LogP contribution < -0.4 is 0 Å². The average molecular weight is 953 g/mol. The summed E-state index contributed by atoms with van der Waals surface area (Å²) in [6.45, 7) is 15.6. The molecule has 0 spiro atoms. The van der Waals surface area contributed by atoms with Crippen molar-refractivity contribution in [2.24, 2.45) is 0 Å². The fourth-order valence-corrected chi connectivity index (χ4v) is 12.4. The maximum atomic E-state index is 13.2. The lowest BCUT2D eigenvalue weighted by molar-refractivity contribution is -0.180. The molecule has 0 saturated carbocycles. The Balaban J connectivity index is 0.0000183. The number of carbonyl (C=O) groups excluding carboxylic acids is 2. The molecule has 0 aromatic carbocycles. The molecule has 1 rings (SSSR count). The van der Waals surface area contributed by atoms with E-state index in [1.807, 2.05) is 13.8 Å². The number of unbranched alkanes of at least 4 members (excludes halogenated alkanes) is 20. The molecule has 1 fully saturated rings. The van der Waals surface area contributed by atoms with Crippen molar-refractivity contribution in [2.45, 2.75) is 249 Å². The van der Waals surface area contributed by atoms with Gasteiger partial charge in [0, 0.05) is 19.4 Å². The first kappa shape index (κ1) is 62.2. The standard InChI is InChI=1S/C49H95NO6S4.C2H6/c1-7-11-15-19-29-39-57-47(58-40-30-20-16-12-8-2)45(51)53-37-27-23-25-34-49(55-43-44(56-49)33-36-50(5)6)35-26-24-28-38-54-46(52)48(59-41-31-21-17-13-9-3)60-42-32-22-18-14-10-4;1-2/h44,47-48H,7-43H2,1-6H3;1-2H3. The van der Waals surface area contributed by atoms with Crippen LogP contribution in [0.5, 0.6) is 0 Å². The van der Waals surface area contributed by atoms with E-state index in [0.29, 0.717) is 19.8 Å². The molecular formula is C51H101NO6S4. The monoisotopic (exact) mass is 952 g/mol. The molecule has 0 bridgehead atoms. The molecule has 1 heterocycles. The molecule has 0 aromatic heterocycles. The molecule has 0 aromatic rings. The highest BCUT2D eigenvalue weighted by atomic mass is 32.2. The van der Waals surface area contributed by atoms with Gasteiger partial charge in [0.05, 0.1) is 25.9 Å². The first-order valence-electron chi connectivity index (χ1n) is 26.1. The molecule has 370 valence electrons. The zero-order valence-electron chi connectivity index (χ0n) is 41.9. The summed E-state index contributed by atoms with van der Waals surface area (Å²) in [6, 6.07) is 0. The van der Waals surface area contributed by atoms with Crippen LogP contribution in [0.15, 0.2) is 0 Å². The molecule has 7 nitrogen and oxygen atoms in total. The van der Waals surface area contributed by atoms with Gasteiger partial charge in [0.25, 0.3) is 0 Å². The summed E-state index contributed by atoms with van der Waals surface area (Å²) in [5.74, 6) is 3.51. The first-order valence-corrected chi connectivity index (χ1v) is 30.3. The van der Waals surface area contributed by atoms with Crippen molar-refractivity contribution in [1.82, 2.24) is 4.90 Å². The van der Waals surface area contributed by atoms with Crippen molar-refractivity contribution in [1.29, 1.82) is 0 Å². The van der Waals surface area contributed by atoms with Crippen LogP contribution in [-0.4, -0.2) is 101 Å². The Labute approximate surface area is 402 Å². The van der Waals surface area contributed by atoms with Crippen molar-refractivity contribution in [3.8, 4) is 0 Å². The molecule has 1 unspecified atom stereocenters. The maximum absolute atomic E-state index is 13.2. The minimum atomic E-state index is -0.552. The van der Waals surface area contributed by atoms with Gasteiger partial charge < -0.3 is 23.8 Å². The number of rotatable bonds is 45. The summed E-state index contributed by atoms with van der Waals surface area (Å²) < 4.78 is 24.7. The van der Waals surface area contributed by atoms with Crippen LogP contribution in [0.1, 0.15) is 228 Å². The SMILES string of the molecule is CC.CCCCCCCSC(SCCCCCCC)C(=O)OCCCCCC1(CCCCCOC(=O)C(SCCCCCCC)SCCCCCCC)OCC(CCN(C)C)O1. The second-order valence-electron chi connectivity index (χ2n) is 17.3. The quantitative estimate of drug-likeness (QED) is 0.0333. The Hall–Kier alpha value is 0.220. The van der Waals surface area contributed by atoms with E-state index in [4.69, 9.17) is 18.9 Å². The lowest BCUT2D eigenvalue weighted by Gasteiger charge is -2.29. The Morgan fingerprint density at radius 2 is 0.871 bits per heavy atom. The number of hydrogen-bond acceptors (Lipinski definition) is 11. The molecule has 1 atom stereocenters. The second kappa shape index (κ2) is 46.3. The summed E-state index contributed by atoms with van der Waals surface area (Å²) >= 11 is 7.19. The lowest BCUT2D eigenvalue weighted by atomic mass is 10.0. The molecule has 62 heavy (non-hydrogen) atoms. The van der Waals surface area contributed by atoms with Gasteiger partial charge in [-0.1, -0.05) is 144 Å². The van der Waals surface area contributed by atoms with Gasteiger partial charge in [0.2, 0.25) is 0 Å². The van der Waals surface area contributed by atoms with Crippen molar-refractivity contribution in [2.75, 3.05) is 63.5 Å². The van der Waals surface area contributed by atoms with Crippen molar-refractivity contribution < 1.29 is 28.5 Å². The minimum absolute atomic E-state index is 0.0379. The maximum Gasteiger partial charge on any atom is 0.329 e. The van der Waals surface area contributed by atoms with Gasteiger partial charge in [0.1, 0.15) is 9.16 Å². The van der Waals surface area contributed by atoms with E-state index in [-0.39, 0.29) is 27.2 Å². The van der Waals surface area contributed by atoms with Gasteiger partial charge >= 0.3 is 11.9 Å². The van der Waals surface area contributed by atoms with Gasteiger partial charge in [0.15, 0.2) is 5.79 Å². The molecule has 0 radical (unpaired) electrons. The number of esters is 2. The number of ether oxygens (including phenoxy) is 4. The highest BCUT2D eigenvalue weighted by Gasteiger charge is 2.40. The van der Waals surface area contributed by atoms with Crippen LogP contribution in [0, 0.1) is 0 Å². The number of hydrogen-bond donors (Lipinski definition) is 0. The average Bonchev–Trinajstić information content (AvgIpc) is 3.69. The van der Waals surface area contributed by atoms with Gasteiger partial charge in [-0.25, -0.2) is 9.59 Å². The Morgan fingerprint density at radius 1 is 0.532 bits per heavy atom. The predicted molar refractivity (Wildman–Crippen MR) is 279 cm³/mol. The van der Waals surface area contributed by atoms with Crippen molar-refractivity contribution in [3.63, 3.8) is 0 Å². The van der Waals surface area contributed by atoms with Crippen LogP contribution in [0.4, 0.5) is 0 Å². The topological polar surface area (TPSA) is 74.3 Å². The van der Waals surface area contributed by atoms with Crippen LogP contribution in [-0.2, 0) is 28.5 Å². The third-order valence-corrected chi connectivity index (χ3v) is 16.9. The van der Waals surface area contributed by atoms with Crippen LogP contribution in [0.25, 0.3) is 0 Å². The molecule has 0 N–H and O–H groups in total. The Bertz CT molecular complexity index is 887. The molecule has 11 heteroatoms. The fourth-order valence-electron chi connectivity index (χ4n) is 7.33. The third kappa shape index (κ3) is 36.4. The van der Waals surface area contributed by atoms with E-state index in [1.165, 1.54) is 128 Å². The summed E-state index contributed by atoms with van der Waals surface area (Å²) in [5, 5.41) is 0. The Kier molecular flexibility index (Phi) is 46.5. The molecule has 1 aliphatic rings. The lowest BCUT2D eigenvalue weighted by Crippen LogP contribution is -2.31. The molecule has 0 amide bonds. The van der Waals surface area contributed by atoms with E-state index in [0.717, 1.165) is 87.3 Å². The largest absolute Gasteiger partial charge is 0.464 e. The smallest absolute Gasteiger partial charge is 0.329 e. The predicted octanol–water partition coefficient (Wildman–Crippen LogP) is 15.7. The van der Waals surface area contributed by atoms with Crippen molar-refractivity contribution >= 4 is 59.0 Å². The Morgan fingerprint density at radius 3 is 1.21 bits per heavy atom. The fraction of sp³-hybridized carbons (Fsp3) is 0.961. The summed E-state index contributed by atoms with van der Waals surface area (Å²) in [7, 11) is 4.21. The van der Waals surface area contributed by atoms with E-state index in [9.17, 15) is 9.59 Å². The molecular weight excluding hydrogens is 851 g/mol. The zero-order valence-corrected chi connectivity index (χ0v) is 45.2. The zero-order chi connectivity index (χ0) is 45.8. The van der Waals surface area contributed by atoms with Gasteiger partial charge in [-0.15, -0.1) is 47.0 Å². The van der Waals surface area contributed by atoms with E-state index >= 15 is 0 Å². The highest BCUT2D eigenvalue weighted by Crippen LogP contribution is 2.36.